The molecule has 2 atom stereocenters. The zero-order valence-corrected chi connectivity index (χ0v) is 14.3. The van der Waals surface area contributed by atoms with Crippen LogP contribution < -0.4 is 0 Å². The van der Waals surface area contributed by atoms with Crippen molar-refractivity contribution >= 4 is 11.9 Å². The Balaban J connectivity index is 1.81. The minimum atomic E-state index is -4.50. The van der Waals surface area contributed by atoms with Gasteiger partial charge >= 0.3 is 12.1 Å². The maximum Gasteiger partial charge on any atom is 0.416 e. The van der Waals surface area contributed by atoms with Crippen molar-refractivity contribution in [3.63, 3.8) is 0 Å². The highest BCUT2D eigenvalue weighted by molar-refractivity contribution is 5.92. The molecule has 1 aliphatic heterocycles. The van der Waals surface area contributed by atoms with Crippen LogP contribution >= 0.6 is 0 Å². The van der Waals surface area contributed by atoms with Crippen molar-refractivity contribution in [3.8, 4) is 5.69 Å². The average molecular weight is 382 g/mol. The summed E-state index contributed by atoms with van der Waals surface area (Å²) in [6.45, 7) is 2.31. The molecule has 1 N–H and O–H groups in total. The number of carbonyl (C=O) groups excluding carboxylic acids is 1. The summed E-state index contributed by atoms with van der Waals surface area (Å²) in [7, 11) is 0. The SMILES string of the molecule is CC1CC(C(=O)O)CN(C(=O)c2cn(-c3cccc(C(F)(F)F)c3)nn2)C1. The van der Waals surface area contributed by atoms with Crippen LogP contribution in [0.4, 0.5) is 13.2 Å². The van der Waals surface area contributed by atoms with E-state index < -0.39 is 29.5 Å². The van der Waals surface area contributed by atoms with E-state index in [-0.39, 0.29) is 23.8 Å². The monoisotopic (exact) mass is 382 g/mol. The van der Waals surface area contributed by atoms with Crippen LogP contribution in [0.25, 0.3) is 5.69 Å². The molecule has 7 nitrogen and oxygen atoms in total. The molecule has 1 aliphatic rings. The van der Waals surface area contributed by atoms with Crippen molar-refractivity contribution in [2.75, 3.05) is 13.1 Å². The third-order valence-corrected chi connectivity index (χ3v) is 4.45. The fraction of sp³-hybridized carbons (Fsp3) is 0.412. The number of nitrogens with zero attached hydrogens (tertiary/aromatic N) is 4. The van der Waals surface area contributed by atoms with E-state index in [1.54, 1.807) is 0 Å². The summed E-state index contributed by atoms with van der Waals surface area (Å²) in [5, 5.41) is 16.7. The van der Waals surface area contributed by atoms with Gasteiger partial charge in [-0.2, -0.15) is 13.2 Å². The van der Waals surface area contributed by atoms with Crippen molar-refractivity contribution in [1.29, 1.82) is 0 Å². The van der Waals surface area contributed by atoms with Crippen LogP contribution in [0, 0.1) is 11.8 Å². The molecule has 3 rings (SSSR count). The quantitative estimate of drug-likeness (QED) is 0.881. The fourth-order valence-electron chi connectivity index (χ4n) is 3.17. The highest BCUT2D eigenvalue weighted by Gasteiger charge is 2.33. The highest BCUT2D eigenvalue weighted by atomic mass is 19.4. The van der Waals surface area contributed by atoms with E-state index in [9.17, 15) is 27.9 Å². The lowest BCUT2D eigenvalue weighted by Gasteiger charge is -2.34. The molecule has 0 aliphatic carbocycles. The molecule has 1 fully saturated rings. The van der Waals surface area contributed by atoms with Gasteiger partial charge in [0, 0.05) is 13.1 Å². The largest absolute Gasteiger partial charge is 0.481 e. The topological polar surface area (TPSA) is 88.3 Å². The van der Waals surface area contributed by atoms with Crippen molar-refractivity contribution < 1.29 is 27.9 Å². The number of benzene rings is 1. The van der Waals surface area contributed by atoms with E-state index in [1.165, 1.54) is 23.2 Å². The number of halogens is 3. The molecule has 1 aromatic carbocycles. The van der Waals surface area contributed by atoms with Gasteiger partial charge in [0.15, 0.2) is 5.69 Å². The Kier molecular flexibility index (Phi) is 4.90. The first-order valence-corrected chi connectivity index (χ1v) is 8.27. The summed E-state index contributed by atoms with van der Waals surface area (Å²) >= 11 is 0. The van der Waals surface area contributed by atoms with E-state index in [2.05, 4.69) is 10.3 Å². The highest BCUT2D eigenvalue weighted by Crippen LogP contribution is 2.30. The normalized spacial score (nSPS) is 20.5. The molecular formula is C17H17F3N4O3. The molecule has 2 heterocycles. The smallest absolute Gasteiger partial charge is 0.416 e. The molecule has 2 aromatic rings. The number of aromatic nitrogens is 3. The lowest BCUT2D eigenvalue weighted by Crippen LogP contribution is -2.45. The second-order valence-electron chi connectivity index (χ2n) is 6.68. The van der Waals surface area contributed by atoms with Crippen LogP contribution in [0.15, 0.2) is 30.5 Å². The Hall–Kier alpha value is -2.91. The van der Waals surface area contributed by atoms with Gasteiger partial charge in [0.1, 0.15) is 0 Å². The standard InChI is InChI=1S/C17H17F3N4O3/c1-10-5-11(16(26)27)8-23(7-10)15(25)14-9-24(22-21-14)13-4-2-3-12(6-13)17(18,19)20/h2-4,6,9-11H,5,7-8H2,1H3,(H,26,27). The molecule has 1 aromatic heterocycles. The van der Waals surface area contributed by atoms with Crippen LogP contribution in [0.5, 0.6) is 0 Å². The first kappa shape index (κ1) is 18.9. The Morgan fingerprint density at radius 1 is 1.26 bits per heavy atom. The van der Waals surface area contributed by atoms with Gasteiger partial charge < -0.3 is 10.0 Å². The molecule has 1 amide bonds. The Labute approximate surface area is 152 Å². The van der Waals surface area contributed by atoms with Crippen LogP contribution in [-0.2, 0) is 11.0 Å². The third-order valence-electron chi connectivity index (χ3n) is 4.45. The first-order valence-electron chi connectivity index (χ1n) is 8.27. The van der Waals surface area contributed by atoms with Crippen LogP contribution in [0.2, 0.25) is 0 Å². The summed E-state index contributed by atoms with van der Waals surface area (Å²) in [6.07, 6.45) is -2.77. The predicted octanol–water partition coefficient (Wildman–Crippen LogP) is 2.47. The Bertz CT molecular complexity index is 865. The van der Waals surface area contributed by atoms with Crippen molar-refractivity contribution in [2.24, 2.45) is 11.8 Å². The zero-order chi connectivity index (χ0) is 19.8. The van der Waals surface area contributed by atoms with Crippen molar-refractivity contribution in [2.45, 2.75) is 19.5 Å². The molecular weight excluding hydrogens is 365 g/mol. The number of carboxylic acid groups (broad SMARTS) is 1. The summed E-state index contributed by atoms with van der Waals surface area (Å²) in [5.41, 5.74) is -0.769. The molecule has 0 spiro atoms. The minimum Gasteiger partial charge on any atom is -0.481 e. The van der Waals surface area contributed by atoms with Gasteiger partial charge in [-0.05, 0) is 30.5 Å². The molecule has 2 unspecified atom stereocenters. The zero-order valence-electron chi connectivity index (χ0n) is 14.3. The number of hydrogen-bond donors (Lipinski definition) is 1. The van der Waals surface area contributed by atoms with Gasteiger partial charge in [-0.25, -0.2) is 4.68 Å². The van der Waals surface area contributed by atoms with E-state index in [0.29, 0.717) is 13.0 Å². The first-order chi connectivity index (χ1) is 12.6. The van der Waals surface area contributed by atoms with E-state index >= 15 is 0 Å². The number of alkyl halides is 3. The number of hydrogen-bond acceptors (Lipinski definition) is 4. The maximum atomic E-state index is 12.8. The number of rotatable bonds is 3. The predicted molar refractivity (Wildman–Crippen MR) is 87.2 cm³/mol. The minimum absolute atomic E-state index is 0.0160. The summed E-state index contributed by atoms with van der Waals surface area (Å²) in [6, 6.07) is 4.51. The molecule has 1 saturated heterocycles. The summed E-state index contributed by atoms with van der Waals surface area (Å²) < 4.78 is 39.6. The van der Waals surface area contributed by atoms with Gasteiger partial charge in [0.05, 0.1) is 23.4 Å². The Morgan fingerprint density at radius 2 is 2.00 bits per heavy atom. The Morgan fingerprint density at radius 3 is 2.67 bits per heavy atom. The van der Waals surface area contributed by atoms with E-state index in [1.807, 2.05) is 6.92 Å². The molecule has 27 heavy (non-hydrogen) atoms. The van der Waals surface area contributed by atoms with Gasteiger partial charge in [-0.3, -0.25) is 9.59 Å². The number of aliphatic carboxylic acids is 1. The molecule has 0 bridgehead atoms. The number of likely N-dealkylation sites (tertiary alicyclic amines) is 1. The lowest BCUT2D eigenvalue weighted by molar-refractivity contribution is -0.143. The van der Waals surface area contributed by atoms with Crippen LogP contribution in [0.3, 0.4) is 0 Å². The van der Waals surface area contributed by atoms with Crippen molar-refractivity contribution in [1.82, 2.24) is 19.9 Å². The number of carbonyl (C=O) groups is 2. The molecule has 0 radical (unpaired) electrons. The summed E-state index contributed by atoms with van der Waals surface area (Å²) in [4.78, 5) is 25.3. The van der Waals surface area contributed by atoms with Gasteiger partial charge in [-0.1, -0.05) is 18.2 Å². The maximum absolute atomic E-state index is 12.8. The lowest BCUT2D eigenvalue weighted by atomic mass is 9.90. The summed E-state index contributed by atoms with van der Waals surface area (Å²) in [5.74, 6) is -2.10. The average Bonchev–Trinajstić information content (AvgIpc) is 3.10. The molecule has 10 heteroatoms. The second kappa shape index (κ2) is 7.01. The van der Waals surface area contributed by atoms with Gasteiger partial charge in [-0.15, -0.1) is 5.10 Å². The third kappa shape index (κ3) is 4.09. The van der Waals surface area contributed by atoms with Gasteiger partial charge in [0.2, 0.25) is 0 Å². The molecule has 0 saturated carbocycles. The fourth-order valence-corrected chi connectivity index (χ4v) is 3.17. The number of amides is 1. The number of piperidine rings is 1. The second-order valence-corrected chi connectivity index (χ2v) is 6.68. The number of carboxylic acids is 1. The van der Waals surface area contributed by atoms with E-state index in [4.69, 9.17) is 0 Å². The van der Waals surface area contributed by atoms with Crippen molar-refractivity contribution in [3.05, 3.63) is 41.7 Å². The van der Waals surface area contributed by atoms with Crippen LogP contribution in [-0.4, -0.2) is 50.0 Å². The van der Waals surface area contributed by atoms with Crippen LogP contribution in [0.1, 0.15) is 29.4 Å². The molecule has 144 valence electrons. The van der Waals surface area contributed by atoms with Gasteiger partial charge in [0.25, 0.3) is 5.91 Å². The van der Waals surface area contributed by atoms with E-state index in [0.717, 1.165) is 16.8 Å².